The molecule has 0 aliphatic rings. The monoisotopic (exact) mass is 444 g/mol. The van der Waals surface area contributed by atoms with E-state index in [9.17, 15) is 8.42 Å². The molecule has 142 valence electrons. The van der Waals surface area contributed by atoms with Crippen LogP contribution in [0.4, 0.5) is 5.82 Å². The van der Waals surface area contributed by atoms with Gasteiger partial charge in [-0.2, -0.15) is 0 Å². The second-order valence-electron chi connectivity index (χ2n) is 5.20. The largest absolute Gasteiger partial charge is 0.491 e. The van der Waals surface area contributed by atoms with Gasteiger partial charge in [-0.05, 0) is 52.3 Å². The van der Waals surface area contributed by atoms with Gasteiger partial charge in [-0.3, -0.25) is 0 Å². The van der Waals surface area contributed by atoms with Crippen molar-refractivity contribution in [1.29, 1.82) is 0 Å². The van der Waals surface area contributed by atoms with Crippen LogP contribution in [0.1, 0.15) is 0 Å². The van der Waals surface area contributed by atoms with Gasteiger partial charge in [-0.15, -0.1) is 0 Å². The molecule has 0 bridgehead atoms. The van der Waals surface area contributed by atoms with Crippen LogP contribution in [0.25, 0.3) is 0 Å². The van der Waals surface area contributed by atoms with E-state index in [1.165, 1.54) is 23.5 Å². The molecule has 0 atom stereocenters. The minimum atomic E-state index is -3.80. The van der Waals surface area contributed by atoms with E-state index in [-0.39, 0.29) is 18.0 Å². The maximum Gasteiger partial charge on any atom is 0.265 e. The summed E-state index contributed by atoms with van der Waals surface area (Å²) in [7, 11) is -0.689. The summed E-state index contributed by atoms with van der Waals surface area (Å²) in [6.45, 7) is 1.24. The highest BCUT2D eigenvalue weighted by Gasteiger charge is 2.26. The highest BCUT2D eigenvalue weighted by atomic mass is 79.9. The Labute approximate surface area is 162 Å². The number of halogens is 1. The Hall–Kier alpha value is -1.68. The molecule has 9 heteroatoms. The lowest BCUT2D eigenvalue weighted by atomic mass is 10.3. The van der Waals surface area contributed by atoms with E-state index >= 15 is 0 Å². The van der Waals surface area contributed by atoms with Crippen molar-refractivity contribution in [2.75, 3.05) is 44.9 Å². The van der Waals surface area contributed by atoms with Crippen molar-refractivity contribution in [2.24, 2.45) is 0 Å². The van der Waals surface area contributed by atoms with E-state index in [1.807, 2.05) is 0 Å². The van der Waals surface area contributed by atoms with E-state index in [2.05, 4.69) is 20.9 Å². The van der Waals surface area contributed by atoms with Gasteiger partial charge in [0.15, 0.2) is 0 Å². The SMILES string of the molecule is COCCOc1ccc(S(=O)(=O)N(CCOC)c2cccc(Br)n2)cc1. The second kappa shape index (κ2) is 9.86. The summed E-state index contributed by atoms with van der Waals surface area (Å²) in [5, 5.41) is 0. The van der Waals surface area contributed by atoms with Crippen LogP contribution in [-0.4, -0.2) is 54.0 Å². The standard InChI is InChI=1S/C17H21BrN2O5S/c1-23-11-10-20(17-5-3-4-16(18)19-17)26(21,22)15-8-6-14(7-9-15)25-13-12-24-2/h3-9H,10-13H2,1-2H3. The van der Waals surface area contributed by atoms with Crippen molar-refractivity contribution in [3.05, 3.63) is 47.1 Å². The lowest BCUT2D eigenvalue weighted by Crippen LogP contribution is -2.34. The first-order valence-corrected chi connectivity index (χ1v) is 10.1. The average Bonchev–Trinajstić information content (AvgIpc) is 2.63. The number of ether oxygens (including phenoxy) is 3. The van der Waals surface area contributed by atoms with E-state index in [1.54, 1.807) is 37.4 Å². The Morgan fingerprint density at radius 3 is 2.31 bits per heavy atom. The number of nitrogens with zero attached hydrogens (tertiary/aromatic N) is 2. The Morgan fingerprint density at radius 1 is 1.00 bits per heavy atom. The topological polar surface area (TPSA) is 78.0 Å². The molecule has 2 rings (SSSR count). The fourth-order valence-electron chi connectivity index (χ4n) is 2.15. The Balaban J connectivity index is 2.28. The van der Waals surface area contributed by atoms with Crippen LogP contribution in [0.15, 0.2) is 52.0 Å². The van der Waals surface area contributed by atoms with Crippen molar-refractivity contribution in [3.8, 4) is 5.75 Å². The first-order chi connectivity index (χ1) is 12.5. The molecule has 0 spiro atoms. The number of anilines is 1. The zero-order valence-corrected chi connectivity index (χ0v) is 17.0. The van der Waals surface area contributed by atoms with Crippen LogP contribution in [0.2, 0.25) is 0 Å². The number of benzene rings is 1. The van der Waals surface area contributed by atoms with Crippen molar-refractivity contribution in [3.63, 3.8) is 0 Å². The summed E-state index contributed by atoms with van der Waals surface area (Å²) in [6.07, 6.45) is 0. The van der Waals surface area contributed by atoms with Gasteiger partial charge in [0, 0.05) is 14.2 Å². The normalized spacial score (nSPS) is 11.3. The fraction of sp³-hybridized carbons (Fsp3) is 0.353. The molecule has 2 aromatic rings. The smallest absolute Gasteiger partial charge is 0.265 e. The highest BCUT2D eigenvalue weighted by Crippen LogP contribution is 2.24. The van der Waals surface area contributed by atoms with Gasteiger partial charge in [-0.1, -0.05) is 6.07 Å². The molecular weight excluding hydrogens is 424 g/mol. The first kappa shape index (κ1) is 20.6. The van der Waals surface area contributed by atoms with Crippen molar-refractivity contribution in [2.45, 2.75) is 4.90 Å². The molecule has 0 aliphatic heterocycles. The molecule has 1 aromatic heterocycles. The van der Waals surface area contributed by atoms with Crippen molar-refractivity contribution in [1.82, 2.24) is 4.98 Å². The highest BCUT2D eigenvalue weighted by molar-refractivity contribution is 9.10. The molecule has 0 fully saturated rings. The third kappa shape index (κ3) is 5.41. The van der Waals surface area contributed by atoms with Gasteiger partial charge in [0.25, 0.3) is 10.0 Å². The third-order valence-corrected chi connectivity index (χ3v) is 5.68. The third-order valence-electron chi connectivity index (χ3n) is 3.42. The molecule has 1 heterocycles. The predicted molar refractivity (Wildman–Crippen MR) is 102 cm³/mol. The number of pyridine rings is 1. The maximum atomic E-state index is 13.1. The second-order valence-corrected chi connectivity index (χ2v) is 7.88. The van der Waals surface area contributed by atoms with Crippen LogP contribution in [0, 0.1) is 0 Å². The number of sulfonamides is 1. The van der Waals surface area contributed by atoms with E-state index in [4.69, 9.17) is 14.2 Å². The van der Waals surface area contributed by atoms with Gasteiger partial charge in [-0.25, -0.2) is 17.7 Å². The molecule has 7 nitrogen and oxygen atoms in total. The molecule has 0 unspecified atom stereocenters. The molecule has 26 heavy (non-hydrogen) atoms. The number of aromatic nitrogens is 1. The summed E-state index contributed by atoms with van der Waals surface area (Å²) < 4.78 is 43.4. The number of hydrogen-bond donors (Lipinski definition) is 0. The minimum Gasteiger partial charge on any atom is -0.491 e. The minimum absolute atomic E-state index is 0.147. The van der Waals surface area contributed by atoms with Gasteiger partial charge >= 0.3 is 0 Å². The van der Waals surface area contributed by atoms with E-state index < -0.39 is 10.0 Å². The molecule has 0 saturated heterocycles. The van der Waals surface area contributed by atoms with Crippen LogP contribution in [0.3, 0.4) is 0 Å². The van der Waals surface area contributed by atoms with Crippen LogP contribution in [-0.2, 0) is 19.5 Å². The summed E-state index contributed by atoms with van der Waals surface area (Å²) in [4.78, 5) is 4.40. The first-order valence-electron chi connectivity index (χ1n) is 7.85. The summed E-state index contributed by atoms with van der Waals surface area (Å²) >= 11 is 3.27. The van der Waals surface area contributed by atoms with Crippen LogP contribution >= 0.6 is 15.9 Å². The van der Waals surface area contributed by atoms with Crippen LogP contribution in [0.5, 0.6) is 5.75 Å². The van der Waals surface area contributed by atoms with Gasteiger partial charge in [0.2, 0.25) is 0 Å². The number of rotatable bonds is 10. The Morgan fingerprint density at radius 2 is 1.69 bits per heavy atom. The molecule has 0 aliphatic carbocycles. The summed E-state index contributed by atoms with van der Waals surface area (Å²) in [5.41, 5.74) is 0. The van der Waals surface area contributed by atoms with Gasteiger partial charge in [0.1, 0.15) is 22.8 Å². The Kier molecular flexibility index (Phi) is 7.83. The van der Waals surface area contributed by atoms with E-state index in [0.29, 0.717) is 29.4 Å². The summed E-state index contributed by atoms with van der Waals surface area (Å²) in [5.74, 6) is 0.891. The van der Waals surface area contributed by atoms with Gasteiger partial charge < -0.3 is 14.2 Å². The number of hydrogen-bond acceptors (Lipinski definition) is 6. The quantitative estimate of drug-likeness (QED) is 0.414. The fourth-order valence-corrected chi connectivity index (χ4v) is 3.88. The van der Waals surface area contributed by atoms with Crippen LogP contribution < -0.4 is 9.04 Å². The number of methoxy groups -OCH3 is 2. The van der Waals surface area contributed by atoms with Gasteiger partial charge in [0.05, 0.1) is 24.7 Å². The lowest BCUT2D eigenvalue weighted by molar-refractivity contribution is 0.146. The molecule has 0 amide bonds. The van der Waals surface area contributed by atoms with Crippen molar-refractivity contribution < 1.29 is 22.6 Å². The van der Waals surface area contributed by atoms with E-state index in [0.717, 1.165) is 0 Å². The summed E-state index contributed by atoms with van der Waals surface area (Å²) in [6, 6.07) is 11.4. The average molecular weight is 445 g/mol. The lowest BCUT2D eigenvalue weighted by Gasteiger charge is -2.23. The zero-order chi connectivity index (χ0) is 19.0. The van der Waals surface area contributed by atoms with Crippen molar-refractivity contribution >= 4 is 31.8 Å². The predicted octanol–water partition coefficient (Wildman–Crippen LogP) is 2.71. The molecule has 0 saturated carbocycles. The zero-order valence-electron chi connectivity index (χ0n) is 14.6. The molecular formula is C17H21BrN2O5S. The Bertz CT molecular complexity index is 799. The molecule has 0 N–H and O–H groups in total. The maximum absolute atomic E-state index is 13.1. The molecule has 1 aromatic carbocycles. The molecule has 0 radical (unpaired) electrons.